The zero-order valence-corrected chi connectivity index (χ0v) is 15.1. The first-order chi connectivity index (χ1) is 13.1. The van der Waals surface area contributed by atoms with E-state index in [9.17, 15) is 9.50 Å². The topological polar surface area (TPSA) is 68.4 Å². The van der Waals surface area contributed by atoms with Gasteiger partial charge in [0.25, 0.3) is 0 Å². The van der Waals surface area contributed by atoms with Crippen molar-refractivity contribution in [2.75, 3.05) is 0 Å². The summed E-state index contributed by atoms with van der Waals surface area (Å²) in [5.41, 5.74) is 2.85. The first-order valence-corrected chi connectivity index (χ1v) is 9.13. The summed E-state index contributed by atoms with van der Waals surface area (Å²) in [7, 11) is 0. The molecule has 2 aromatic heterocycles. The van der Waals surface area contributed by atoms with Crippen LogP contribution in [0, 0.1) is 6.92 Å². The summed E-state index contributed by atoms with van der Waals surface area (Å²) < 4.78 is 24.9. The molecule has 0 unspecified atom stereocenters. The average molecular weight is 368 g/mol. The molecule has 1 saturated carbocycles. The molecule has 3 aromatic rings. The molecule has 140 valence electrons. The van der Waals surface area contributed by atoms with E-state index in [4.69, 9.17) is 9.15 Å². The van der Waals surface area contributed by atoms with E-state index in [0.717, 1.165) is 29.7 Å². The molecule has 1 aliphatic rings. The van der Waals surface area contributed by atoms with Gasteiger partial charge in [0.1, 0.15) is 23.8 Å². The van der Waals surface area contributed by atoms with Crippen LogP contribution < -0.4 is 4.74 Å². The number of halogens is 1. The molecule has 6 heteroatoms. The van der Waals surface area contributed by atoms with Gasteiger partial charge in [0.2, 0.25) is 5.88 Å². The molecule has 1 fully saturated rings. The summed E-state index contributed by atoms with van der Waals surface area (Å²) in [6.07, 6.45) is 3.34. The Labute approximate surface area is 156 Å². The number of aromatic nitrogens is 2. The van der Waals surface area contributed by atoms with Crippen molar-refractivity contribution in [1.82, 2.24) is 10.2 Å². The zero-order chi connectivity index (χ0) is 18.8. The molecule has 0 saturated heterocycles. The van der Waals surface area contributed by atoms with E-state index in [2.05, 4.69) is 10.2 Å². The summed E-state index contributed by atoms with van der Waals surface area (Å²) >= 11 is 0. The van der Waals surface area contributed by atoms with Crippen LogP contribution in [0.5, 0.6) is 11.6 Å². The van der Waals surface area contributed by atoms with Gasteiger partial charge in [-0.2, -0.15) is 0 Å². The highest BCUT2D eigenvalue weighted by molar-refractivity contribution is 5.74. The highest BCUT2D eigenvalue weighted by Gasteiger charge is 2.26. The predicted molar refractivity (Wildman–Crippen MR) is 99.4 cm³/mol. The fourth-order valence-electron chi connectivity index (χ4n) is 3.39. The summed E-state index contributed by atoms with van der Waals surface area (Å²) in [6, 6.07) is 10.6. The predicted octanol–water partition coefficient (Wildman–Crippen LogP) is 5.08. The lowest BCUT2D eigenvalue weighted by Gasteiger charge is -2.25. The van der Waals surface area contributed by atoms with Gasteiger partial charge in [-0.15, -0.1) is 10.2 Å². The van der Waals surface area contributed by atoms with Crippen molar-refractivity contribution in [2.45, 2.75) is 44.9 Å². The molecule has 2 heterocycles. The molecular weight excluding hydrogens is 347 g/mol. The van der Waals surface area contributed by atoms with E-state index in [0.29, 0.717) is 30.0 Å². The van der Waals surface area contributed by atoms with Crippen LogP contribution in [0.3, 0.4) is 0 Å². The number of hydrogen-bond acceptors (Lipinski definition) is 5. The molecule has 0 radical (unpaired) electrons. The fraction of sp³-hybridized carbons (Fsp3) is 0.333. The SMILES string of the molecule is Cc1cc(-c2ccc(-c3ccc(O[C@H]4CCCC[C@H]4F)nn3)c(O)c2)co1. The standard InChI is InChI=1S/C21H21FN2O3/c1-13-10-15(12-26-13)14-6-7-16(19(25)11-14)18-8-9-21(24-23-18)27-20-5-3-2-4-17(20)22/h6-12,17,20,25H,2-5H2,1H3/t17-,20+/m1/s1. The number of phenolic OH excluding ortho intramolecular Hbond substituents is 1. The fourth-order valence-corrected chi connectivity index (χ4v) is 3.39. The van der Waals surface area contributed by atoms with Crippen LogP contribution in [0.2, 0.25) is 0 Å². The van der Waals surface area contributed by atoms with Crippen LogP contribution >= 0.6 is 0 Å². The highest BCUT2D eigenvalue weighted by atomic mass is 19.1. The lowest BCUT2D eigenvalue weighted by atomic mass is 9.96. The minimum absolute atomic E-state index is 0.102. The van der Waals surface area contributed by atoms with Gasteiger partial charge in [-0.1, -0.05) is 12.5 Å². The molecule has 0 amide bonds. The summed E-state index contributed by atoms with van der Waals surface area (Å²) in [5, 5.41) is 18.6. The minimum Gasteiger partial charge on any atom is -0.507 e. The number of hydrogen-bond donors (Lipinski definition) is 1. The Balaban J connectivity index is 1.51. The van der Waals surface area contributed by atoms with Crippen LogP contribution in [0.25, 0.3) is 22.4 Å². The van der Waals surface area contributed by atoms with Crippen LogP contribution in [-0.4, -0.2) is 27.6 Å². The molecule has 1 aromatic carbocycles. The molecule has 1 N–H and O–H groups in total. The number of ether oxygens (including phenoxy) is 1. The minimum atomic E-state index is -0.955. The molecule has 2 atom stereocenters. The molecule has 0 spiro atoms. The van der Waals surface area contributed by atoms with E-state index >= 15 is 0 Å². The number of phenols is 1. The maximum atomic E-state index is 13.9. The van der Waals surface area contributed by atoms with Crippen LogP contribution in [0.1, 0.15) is 31.4 Å². The van der Waals surface area contributed by atoms with Gasteiger partial charge in [-0.3, -0.25) is 0 Å². The largest absolute Gasteiger partial charge is 0.507 e. The smallest absolute Gasteiger partial charge is 0.233 e. The second kappa shape index (κ2) is 7.39. The zero-order valence-electron chi connectivity index (χ0n) is 15.1. The number of benzene rings is 1. The van der Waals surface area contributed by atoms with E-state index < -0.39 is 12.3 Å². The lowest BCUT2D eigenvalue weighted by Crippen LogP contribution is -2.32. The van der Waals surface area contributed by atoms with Gasteiger partial charge >= 0.3 is 0 Å². The third kappa shape index (κ3) is 3.79. The van der Waals surface area contributed by atoms with Crippen molar-refractivity contribution in [3.05, 3.63) is 48.4 Å². The molecule has 0 aliphatic heterocycles. The Kier molecular flexibility index (Phi) is 4.79. The Morgan fingerprint density at radius 3 is 2.59 bits per heavy atom. The normalized spacial score (nSPS) is 19.8. The Hall–Kier alpha value is -2.89. The number of nitrogens with zero attached hydrogens (tertiary/aromatic N) is 2. The van der Waals surface area contributed by atoms with Gasteiger partial charge in [-0.25, -0.2) is 4.39 Å². The van der Waals surface area contributed by atoms with Crippen LogP contribution in [0.15, 0.2) is 47.1 Å². The van der Waals surface area contributed by atoms with Gasteiger partial charge in [0.15, 0.2) is 0 Å². The average Bonchev–Trinajstić information content (AvgIpc) is 3.11. The van der Waals surface area contributed by atoms with E-state index in [1.165, 1.54) is 0 Å². The van der Waals surface area contributed by atoms with Gasteiger partial charge in [0.05, 0.1) is 12.0 Å². The van der Waals surface area contributed by atoms with Crippen LogP contribution in [-0.2, 0) is 0 Å². The second-order valence-corrected chi connectivity index (χ2v) is 6.89. The first kappa shape index (κ1) is 17.5. The van der Waals surface area contributed by atoms with E-state index in [1.54, 1.807) is 30.5 Å². The van der Waals surface area contributed by atoms with Gasteiger partial charge in [-0.05, 0) is 56.0 Å². The van der Waals surface area contributed by atoms with E-state index in [1.807, 2.05) is 19.1 Å². The molecule has 1 aliphatic carbocycles. The summed E-state index contributed by atoms with van der Waals surface area (Å²) in [6.45, 7) is 1.87. The Bertz CT molecular complexity index is 923. The maximum absolute atomic E-state index is 13.9. The second-order valence-electron chi connectivity index (χ2n) is 6.89. The van der Waals surface area contributed by atoms with Gasteiger partial charge < -0.3 is 14.3 Å². The van der Waals surface area contributed by atoms with Crippen molar-refractivity contribution in [1.29, 1.82) is 0 Å². The van der Waals surface area contributed by atoms with Crippen molar-refractivity contribution in [3.8, 4) is 34.0 Å². The Morgan fingerprint density at radius 1 is 1.07 bits per heavy atom. The monoisotopic (exact) mass is 368 g/mol. The Morgan fingerprint density at radius 2 is 1.93 bits per heavy atom. The molecular formula is C21H21FN2O3. The molecule has 5 nitrogen and oxygen atoms in total. The number of aryl methyl sites for hydroxylation is 1. The number of aromatic hydroxyl groups is 1. The highest BCUT2D eigenvalue weighted by Crippen LogP contribution is 2.33. The lowest BCUT2D eigenvalue weighted by molar-refractivity contribution is 0.0594. The third-order valence-electron chi connectivity index (χ3n) is 4.87. The maximum Gasteiger partial charge on any atom is 0.233 e. The summed E-state index contributed by atoms with van der Waals surface area (Å²) in [5.74, 6) is 1.22. The quantitative estimate of drug-likeness (QED) is 0.696. The van der Waals surface area contributed by atoms with Crippen molar-refractivity contribution < 1.29 is 18.7 Å². The summed E-state index contributed by atoms with van der Waals surface area (Å²) in [4.78, 5) is 0. The number of furan rings is 1. The van der Waals surface area contributed by atoms with Crippen molar-refractivity contribution in [2.24, 2.45) is 0 Å². The number of rotatable bonds is 4. The molecule has 4 rings (SSSR count). The molecule has 0 bridgehead atoms. The van der Waals surface area contributed by atoms with Gasteiger partial charge in [0, 0.05) is 17.2 Å². The third-order valence-corrected chi connectivity index (χ3v) is 4.87. The van der Waals surface area contributed by atoms with Crippen molar-refractivity contribution in [3.63, 3.8) is 0 Å². The molecule has 27 heavy (non-hydrogen) atoms. The van der Waals surface area contributed by atoms with E-state index in [-0.39, 0.29) is 5.75 Å². The van der Waals surface area contributed by atoms with Crippen molar-refractivity contribution >= 4 is 0 Å². The number of alkyl halides is 1. The first-order valence-electron chi connectivity index (χ1n) is 9.13. The van der Waals surface area contributed by atoms with Crippen LogP contribution in [0.4, 0.5) is 4.39 Å².